The number of ether oxygens (including phenoxy) is 3. The normalized spacial score (nSPS) is 14.5. The van der Waals surface area contributed by atoms with Gasteiger partial charge in [-0.3, -0.25) is 19.2 Å². The van der Waals surface area contributed by atoms with Crippen molar-refractivity contribution in [1.29, 1.82) is 0 Å². The van der Waals surface area contributed by atoms with Crippen molar-refractivity contribution in [3.63, 3.8) is 0 Å². The molecule has 1 aliphatic rings. The Hall–Kier alpha value is -4.98. The van der Waals surface area contributed by atoms with Crippen LogP contribution in [0, 0.1) is 5.92 Å². The number of rotatable bonds is 12. The third-order valence-corrected chi connectivity index (χ3v) is 7.48. The average molecular weight is 596 g/mol. The molecule has 3 aromatic rings. The van der Waals surface area contributed by atoms with E-state index in [1.165, 1.54) is 0 Å². The fraction of sp³-hybridized carbons (Fsp3) is 0.278. The maximum atomic E-state index is 13.2. The van der Waals surface area contributed by atoms with Crippen molar-refractivity contribution >= 4 is 23.8 Å². The van der Waals surface area contributed by atoms with Gasteiger partial charge in [-0.05, 0) is 61.1 Å². The van der Waals surface area contributed by atoms with Crippen LogP contribution in [-0.2, 0) is 34.0 Å². The molecule has 44 heavy (non-hydrogen) atoms. The Bertz CT molecular complexity index is 1520. The molecule has 1 N–H and O–H groups in total. The van der Waals surface area contributed by atoms with Crippen molar-refractivity contribution in [3.05, 3.63) is 119 Å². The molecule has 0 saturated carbocycles. The minimum absolute atomic E-state index is 0.0365. The van der Waals surface area contributed by atoms with Crippen LogP contribution in [0.1, 0.15) is 49.5 Å². The summed E-state index contributed by atoms with van der Waals surface area (Å²) in [7, 11) is 0. The molecular formula is C36H37NO7. The zero-order valence-electron chi connectivity index (χ0n) is 25.2. The number of esters is 3. The van der Waals surface area contributed by atoms with Crippen molar-refractivity contribution in [2.45, 2.75) is 39.0 Å². The quantitative estimate of drug-likeness (QED) is 0.157. The number of amides is 1. The van der Waals surface area contributed by atoms with E-state index in [9.17, 15) is 19.2 Å². The molecule has 0 aliphatic heterocycles. The van der Waals surface area contributed by atoms with Gasteiger partial charge in [-0.15, -0.1) is 0 Å². The number of hydrogen-bond donors (Lipinski definition) is 1. The first kappa shape index (κ1) is 31.9. The molecule has 8 nitrogen and oxygen atoms in total. The fourth-order valence-electron chi connectivity index (χ4n) is 5.07. The summed E-state index contributed by atoms with van der Waals surface area (Å²) in [6.45, 7) is 4.74. The first-order valence-corrected chi connectivity index (χ1v) is 14.7. The number of allylic oxidation sites excluding steroid dienone is 3. The van der Waals surface area contributed by atoms with Crippen LogP contribution in [0.2, 0.25) is 0 Å². The summed E-state index contributed by atoms with van der Waals surface area (Å²) in [5, 5.41) is 2.99. The summed E-state index contributed by atoms with van der Waals surface area (Å²) >= 11 is 0. The van der Waals surface area contributed by atoms with Crippen LogP contribution in [-0.4, -0.2) is 43.6 Å². The molecule has 0 saturated heterocycles. The molecule has 0 radical (unpaired) electrons. The fourth-order valence-corrected chi connectivity index (χ4v) is 5.07. The first-order chi connectivity index (χ1) is 21.3. The van der Waals surface area contributed by atoms with Crippen LogP contribution in [0.25, 0.3) is 11.1 Å². The molecule has 1 amide bonds. The highest BCUT2D eigenvalue weighted by atomic mass is 16.6. The van der Waals surface area contributed by atoms with Crippen LogP contribution >= 0.6 is 0 Å². The van der Waals surface area contributed by atoms with Gasteiger partial charge in [0.25, 0.3) is 5.91 Å². The van der Waals surface area contributed by atoms with Gasteiger partial charge in [0.15, 0.2) is 0 Å². The molecule has 1 atom stereocenters. The van der Waals surface area contributed by atoms with Gasteiger partial charge in [-0.2, -0.15) is 0 Å². The van der Waals surface area contributed by atoms with Gasteiger partial charge in [-0.1, -0.05) is 91.4 Å². The highest BCUT2D eigenvalue weighted by molar-refractivity contribution is 6.07. The van der Waals surface area contributed by atoms with Gasteiger partial charge < -0.3 is 19.5 Å². The molecule has 4 rings (SSSR count). The van der Waals surface area contributed by atoms with Crippen molar-refractivity contribution in [3.8, 4) is 11.1 Å². The van der Waals surface area contributed by atoms with Crippen LogP contribution in [0.3, 0.4) is 0 Å². The summed E-state index contributed by atoms with van der Waals surface area (Å²) in [4.78, 5) is 52.4. The predicted molar refractivity (Wildman–Crippen MR) is 166 cm³/mol. The van der Waals surface area contributed by atoms with E-state index in [4.69, 9.17) is 14.2 Å². The molecule has 0 fully saturated rings. The Kier molecular flexibility index (Phi) is 10.9. The van der Waals surface area contributed by atoms with Crippen LogP contribution in [0.5, 0.6) is 0 Å². The van der Waals surface area contributed by atoms with Crippen molar-refractivity contribution < 1.29 is 33.4 Å². The molecule has 0 spiro atoms. The summed E-state index contributed by atoms with van der Waals surface area (Å²) in [5.41, 5.74) is 2.42. The second kappa shape index (κ2) is 15.0. The van der Waals surface area contributed by atoms with E-state index in [2.05, 4.69) is 5.32 Å². The highest BCUT2D eigenvalue weighted by Crippen LogP contribution is 2.31. The van der Waals surface area contributed by atoms with Crippen molar-refractivity contribution in [1.82, 2.24) is 5.32 Å². The second-order valence-electron chi connectivity index (χ2n) is 10.5. The summed E-state index contributed by atoms with van der Waals surface area (Å²) in [5.74, 6) is -2.57. The second-order valence-corrected chi connectivity index (χ2v) is 10.5. The van der Waals surface area contributed by atoms with E-state index in [0.29, 0.717) is 17.5 Å². The number of benzene rings is 3. The Morgan fingerprint density at radius 3 is 2.00 bits per heavy atom. The number of carbonyl (C=O) groups is 4. The third-order valence-electron chi connectivity index (χ3n) is 7.48. The Balaban J connectivity index is 1.44. The molecule has 228 valence electrons. The van der Waals surface area contributed by atoms with E-state index < -0.39 is 29.9 Å². The Morgan fingerprint density at radius 2 is 1.39 bits per heavy atom. The SMILES string of the molecule is CCOC(=O)C(COC(=O)CC1=CC=C(NC(=O)c2cccc(-c3ccccc3)c2)CC1C)(C(=O)OCC)c1ccccc1. The standard InChI is InChI=1S/C36H37NO7/c1-4-42-34(40)36(35(41)43-5-2,30-17-10-7-11-18-30)24-44-32(38)23-27-19-20-31(21-25(27)3)37-33(39)29-16-12-15-28(22-29)26-13-8-6-9-14-26/h6-20,22,25H,4-5,21,23-24H2,1-3H3,(H,37,39). The Labute approximate surface area is 257 Å². The first-order valence-electron chi connectivity index (χ1n) is 14.7. The average Bonchev–Trinajstić information content (AvgIpc) is 3.04. The number of nitrogens with one attached hydrogen (secondary N) is 1. The highest BCUT2D eigenvalue weighted by Gasteiger charge is 2.52. The summed E-state index contributed by atoms with van der Waals surface area (Å²) in [6.07, 6.45) is 4.05. The van der Waals surface area contributed by atoms with Gasteiger partial charge in [0.05, 0.1) is 19.6 Å². The van der Waals surface area contributed by atoms with Gasteiger partial charge in [0, 0.05) is 11.3 Å². The molecule has 3 aromatic carbocycles. The maximum Gasteiger partial charge on any atom is 0.331 e. The lowest BCUT2D eigenvalue weighted by Gasteiger charge is -2.29. The number of hydrogen-bond acceptors (Lipinski definition) is 7. The van der Waals surface area contributed by atoms with Crippen LogP contribution in [0.4, 0.5) is 0 Å². The Morgan fingerprint density at radius 1 is 0.773 bits per heavy atom. The molecule has 0 bridgehead atoms. The smallest absolute Gasteiger partial charge is 0.331 e. The topological polar surface area (TPSA) is 108 Å². The van der Waals surface area contributed by atoms with Crippen LogP contribution in [0.15, 0.2) is 108 Å². The summed E-state index contributed by atoms with van der Waals surface area (Å²) in [6, 6.07) is 25.6. The number of carbonyl (C=O) groups excluding carboxylic acids is 4. The van der Waals surface area contributed by atoms with Crippen molar-refractivity contribution in [2.24, 2.45) is 5.92 Å². The lowest BCUT2D eigenvalue weighted by atomic mass is 9.81. The van der Waals surface area contributed by atoms with E-state index in [1.54, 1.807) is 62.4 Å². The lowest BCUT2D eigenvalue weighted by molar-refractivity contribution is -0.170. The van der Waals surface area contributed by atoms with E-state index in [0.717, 1.165) is 22.4 Å². The van der Waals surface area contributed by atoms with E-state index in [1.807, 2.05) is 55.5 Å². The molecular weight excluding hydrogens is 558 g/mol. The zero-order valence-corrected chi connectivity index (χ0v) is 25.2. The van der Waals surface area contributed by atoms with Crippen molar-refractivity contribution in [2.75, 3.05) is 19.8 Å². The maximum absolute atomic E-state index is 13.2. The minimum Gasteiger partial charge on any atom is -0.465 e. The molecule has 1 aliphatic carbocycles. The third kappa shape index (κ3) is 7.50. The van der Waals surface area contributed by atoms with Crippen LogP contribution < -0.4 is 5.32 Å². The molecule has 0 heterocycles. The zero-order chi connectivity index (χ0) is 31.5. The largest absolute Gasteiger partial charge is 0.465 e. The molecule has 0 aromatic heterocycles. The predicted octanol–water partition coefficient (Wildman–Crippen LogP) is 5.93. The van der Waals surface area contributed by atoms with Gasteiger partial charge in [-0.25, -0.2) is 0 Å². The molecule has 1 unspecified atom stereocenters. The monoisotopic (exact) mass is 595 g/mol. The summed E-state index contributed by atoms with van der Waals surface area (Å²) < 4.78 is 16.1. The van der Waals surface area contributed by atoms with Gasteiger partial charge in [0.1, 0.15) is 6.61 Å². The van der Waals surface area contributed by atoms with Gasteiger partial charge in [0.2, 0.25) is 5.41 Å². The molecule has 8 heteroatoms. The van der Waals surface area contributed by atoms with E-state index in [-0.39, 0.29) is 31.5 Å². The lowest BCUT2D eigenvalue weighted by Crippen LogP contribution is -2.50. The minimum atomic E-state index is -1.95. The van der Waals surface area contributed by atoms with Gasteiger partial charge >= 0.3 is 17.9 Å². The van der Waals surface area contributed by atoms with E-state index >= 15 is 0 Å².